The molecule has 0 amide bonds. The van der Waals surface area contributed by atoms with Crippen LogP contribution in [0, 0.1) is 11.8 Å². The summed E-state index contributed by atoms with van der Waals surface area (Å²) < 4.78 is 0. The van der Waals surface area contributed by atoms with Gasteiger partial charge in [-0.05, 0) is 11.8 Å². The molecule has 0 heteroatoms. The van der Waals surface area contributed by atoms with Gasteiger partial charge in [-0.25, -0.2) is 0 Å². The van der Waals surface area contributed by atoms with E-state index in [1.807, 2.05) is 0 Å². The molecule has 0 atom stereocenters. The van der Waals surface area contributed by atoms with E-state index in [2.05, 4.69) is 0 Å². The van der Waals surface area contributed by atoms with E-state index >= 15 is 0 Å². The van der Waals surface area contributed by atoms with Crippen molar-refractivity contribution in [3.63, 3.8) is 0 Å². The molecule has 42 heavy (non-hydrogen) atoms. The van der Waals surface area contributed by atoms with E-state index in [1.54, 1.807) is 38.5 Å². The van der Waals surface area contributed by atoms with Crippen LogP contribution in [0.15, 0.2) is 0 Å². The van der Waals surface area contributed by atoms with Crippen molar-refractivity contribution < 1.29 is 0 Å². The van der Waals surface area contributed by atoms with Crippen molar-refractivity contribution in [2.45, 2.75) is 257 Å². The fourth-order valence-corrected chi connectivity index (χ4v) is 8.41. The van der Waals surface area contributed by atoms with E-state index in [0.29, 0.717) is 0 Å². The second-order valence-electron chi connectivity index (χ2n) is 15.5. The molecule has 0 saturated heterocycles. The van der Waals surface area contributed by atoms with Gasteiger partial charge in [-0.1, -0.05) is 257 Å². The Morgan fingerprint density at radius 1 is 0.190 bits per heavy atom. The SMILES string of the molecule is C1CCCCCCCCC(CCCCCCC2CCCCCCCCCCCCCCCCC2)CCCCCCCC1. The molecule has 0 unspecified atom stereocenters. The summed E-state index contributed by atoms with van der Waals surface area (Å²) in [5, 5.41) is 0. The zero-order valence-electron chi connectivity index (χ0n) is 29.4. The van der Waals surface area contributed by atoms with Crippen molar-refractivity contribution >= 4 is 0 Å². The fourth-order valence-electron chi connectivity index (χ4n) is 8.41. The first-order valence-electron chi connectivity index (χ1n) is 20.9. The summed E-state index contributed by atoms with van der Waals surface area (Å²) in [4.78, 5) is 0. The largest absolute Gasteiger partial charge is 0.0533 e. The highest BCUT2D eigenvalue weighted by atomic mass is 14.2. The smallest absolute Gasteiger partial charge is 0.0414 e. The Hall–Kier alpha value is 0. The predicted molar refractivity (Wildman–Crippen MR) is 192 cm³/mol. The summed E-state index contributed by atoms with van der Waals surface area (Å²) in [7, 11) is 0. The molecule has 2 fully saturated rings. The maximum Gasteiger partial charge on any atom is -0.0414 e. The van der Waals surface area contributed by atoms with Gasteiger partial charge in [-0.15, -0.1) is 0 Å². The first-order chi connectivity index (χ1) is 20.9. The lowest BCUT2D eigenvalue weighted by Crippen LogP contribution is -2.03. The highest BCUT2D eigenvalue weighted by Crippen LogP contribution is 2.28. The average molecular weight is 587 g/mol. The van der Waals surface area contributed by atoms with E-state index in [1.165, 1.54) is 218 Å². The van der Waals surface area contributed by atoms with Crippen LogP contribution in [-0.2, 0) is 0 Å². The highest BCUT2D eigenvalue weighted by molar-refractivity contribution is 4.65. The third kappa shape index (κ3) is 25.3. The van der Waals surface area contributed by atoms with Gasteiger partial charge in [0, 0.05) is 0 Å². The van der Waals surface area contributed by atoms with Gasteiger partial charge < -0.3 is 0 Å². The molecule has 0 radical (unpaired) electrons. The van der Waals surface area contributed by atoms with Crippen LogP contribution >= 0.6 is 0 Å². The number of hydrogen-bond acceptors (Lipinski definition) is 0. The Labute approximate surface area is 268 Å². The minimum Gasteiger partial charge on any atom is -0.0533 e. The minimum absolute atomic E-state index is 1.05. The molecule has 0 aromatic carbocycles. The molecule has 2 aliphatic carbocycles. The quantitative estimate of drug-likeness (QED) is 0.260. The molecule has 2 saturated carbocycles. The standard InChI is InChI=1S/C42H82/c1-3-7-11-15-19-23-29-35-41(36-30-24-20-16-12-8-4-1)39-33-27-28-34-40-42-37-31-25-21-17-13-9-5-2-6-10-14-18-22-26-32-38-42/h41-42H,1-40H2. The summed E-state index contributed by atoms with van der Waals surface area (Å²) in [6.45, 7) is 0. The lowest BCUT2D eigenvalue weighted by molar-refractivity contribution is 0.351. The first kappa shape index (κ1) is 38.2. The average Bonchev–Trinajstić information content (AvgIpc) is 3.00. The lowest BCUT2D eigenvalue weighted by Gasteiger charge is -2.18. The molecule has 0 bridgehead atoms. The maximum absolute atomic E-state index is 1.55. The molecule has 0 spiro atoms. The van der Waals surface area contributed by atoms with Crippen molar-refractivity contribution in [1.29, 1.82) is 0 Å². The highest BCUT2D eigenvalue weighted by Gasteiger charge is 2.11. The van der Waals surface area contributed by atoms with Crippen LogP contribution < -0.4 is 0 Å². The van der Waals surface area contributed by atoms with E-state index in [0.717, 1.165) is 11.8 Å². The molecular weight excluding hydrogens is 504 g/mol. The second kappa shape index (κ2) is 31.0. The van der Waals surface area contributed by atoms with Crippen molar-refractivity contribution in [3.8, 4) is 0 Å². The van der Waals surface area contributed by atoms with Crippen LogP contribution in [0.2, 0.25) is 0 Å². The molecule has 0 N–H and O–H groups in total. The second-order valence-corrected chi connectivity index (χ2v) is 15.5. The van der Waals surface area contributed by atoms with Crippen molar-refractivity contribution in [2.24, 2.45) is 11.8 Å². The van der Waals surface area contributed by atoms with E-state index in [9.17, 15) is 0 Å². The molecular formula is C42H82. The van der Waals surface area contributed by atoms with Gasteiger partial charge in [0.1, 0.15) is 0 Å². The minimum atomic E-state index is 1.05. The summed E-state index contributed by atoms with van der Waals surface area (Å²) in [6, 6.07) is 0. The molecule has 0 heterocycles. The molecule has 2 rings (SSSR count). The van der Waals surface area contributed by atoms with Crippen molar-refractivity contribution in [1.82, 2.24) is 0 Å². The molecule has 0 aromatic rings. The zero-order chi connectivity index (χ0) is 29.4. The number of hydrogen-bond donors (Lipinski definition) is 0. The van der Waals surface area contributed by atoms with Crippen LogP contribution in [0.1, 0.15) is 257 Å². The summed E-state index contributed by atoms with van der Waals surface area (Å²) in [6.07, 6.45) is 60.6. The van der Waals surface area contributed by atoms with Gasteiger partial charge in [0.05, 0.1) is 0 Å². The Balaban J connectivity index is 1.60. The van der Waals surface area contributed by atoms with Crippen molar-refractivity contribution in [2.75, 3.05) is 0 Å². The van der Waals surface area contributed by atoms with Crippen LogP contribution in [-0.4, -0.2) is 0 Å². The third-order valence-electron chi connectivity index (χ3n) is 11.4. The summed E-state index contributed by atoms with van der Waals surface area (Å²) in [5.74, 6) is 2.09. The van der Waals surface area contributed by atoms with Crippen LogP contribution in [0.25, 0.3) is 0 Å². The van der Waals surface area contributed by atoms with Crippen LogP contribution in [0.5, 0.6) is 0 Å². The summed E-state index contributed by atoms with van der Waals surface area (Å²) >= 11 is 0. The lowest BCUT2D eigenvalue weighted by atomic mass is 9.88. The molecule has 250 valence electrons. The van der Waals surface area contributed by atoms with Gasteiger partial charge in [-0.2, -0.15) is 0 Å². The predicted octanol–water partition coefficient (Wildman–Crippen LogP) is 15.8. The van der Waals surface area contributed by atoms with Gasteiger partial charge >= 0.3 is 0 Å². The third-order valence-corrected chi connectivity index (χ3v) is 11.4. The van der Waals surface area contributed by atoms with Crippen LogP contribution in [0.3, 0.4) is 0 Å². The van der Waals surface area contributed by atoms with Gasteiger partial charge in [0.25, 0.3) is 0 Å². The van der Waals surface area contributed by atoms with Crippen molar-refractivity contribution in [3.05, 3.63) is 0 Å². The monoisotopic (exact) mass is 587 g/mol. The zero-order valence-corrected chi connectivity index (χ0v) is 29.4. The number of unbranched alkanes of at least 4 members (excludes halogenated alkanes) is 3. The topological polar surface area (TPSA) is 0 Å². The first-order valence-corrected chi connectivity index (χ1v) is 20.9. The Morgan fingerprint density at radius 2 is 0.357 bits per heavy atom. The van der Waals surface area contributed by atoms with Gasteiger partial charge in [0.15, 0.2) is 0 Å². The normalized spacial score (nSPS) is 23.7. The Bertz CT molecular complexity index is 426. The Morgan fingerprint density at radius 3 is 0.548 bits per heavy atom. The van der Waals surface area contributed by atoms with E-state index in [4.69, 9.17) is 0 Å². The van der Waals surface area contributed by atoms with Crippen LogP contribution in [0.4, 0.5) is 0 Å². The maximum atomic E-state index is 1.55. The van der Waals surface area contributed by atoms with E-state index in [-0.39, 0.29) is 0 Å². The summed E-state index contributed by atoms with van der Waals surface area (Å²) in [5.41, 5.74) is 0. The fraction of sp³-hybridized carbons (Fsp3) is 1.00. The molecule has 0 nitrogen and oxygen atoms in total. The molecule has 0 aromatic heterocycles. The van der Waals surface area contributed by atoms with Gasteiger partial charge in [-0.3, -0.25) is 0 Å². The molecule has 2 aliphatic rings. The molecule has 0 aliphatic heterocycles. The number of rotatable bonds is 7. The van der Waals surface area contributed by atoms with E-state index < -0.39 is 0 Å². The Kier molecular flexibility index (Phi) is 28.2. The van der Waals surface area contributed by atoms with Gasteiger partial charge in [0.2, 0.25) is 0 Å².